The maximum Gasteiger partial charge on any atom is 0.161 e. The molecule has 0 aliphatic rings. The summed E-state index contributed by atoms with van der Waals surface area (Å²) in [5.74, 6) is 2.29. The molecule has 0 spiro atoms. The van der Waals surface area contributed by atoms with Gasteiger partial charge in [0.15, 0.2) is 11.5 Å². The van der Waals surface area contributed by atoms with Gasteiger partial charge in [0.05, 0.1) is 19.8 Å². The predicted octanol–water partition coefficient (Wildman–Crippen LogP) is 4.32. The van der Waals surface area contributed by atoms with E-state index >= 15 is 0 Å². The van der Waals surface area contributed by atoms with E-state index in [0.717, 1.165) is 48.7 Å². The third-order valence-corrected chi connectivity index (χ3v) is 4.88. The van der Waals surface area contributed by atoms with Crippen molar-refractivity contribution >= 4 is 0 Å². The smallest absolute Gasteiger partial charge is 0.161 e. The molecular weight excluding hydrogens is 314 g/mol. The summed E-state index contributed by atoms with van der Waals surface area (Å²) in [5, 5.41) is 9.44. The molecular formula is C21H37NO3. The molecule has 4 nitrogen and oxygen atoms in total. The minimum Gasteiger partial charge on any atom is -0.493 e. The van der Waals surface area contributed by atoms with E-state index in [2.05, 4.69) is 26.8 Å². The molecule has 2 atom stereocenters. The maximum atomic E-state index is 9.44. The topological polar surface area (TPSA) is 64.7 Å². The number of methoxy groups -OCH3 is 1. The number of hydrogen-bond acceptors (Lipinski definition) is 4. The molecule has 0 radical (unpaired) electrons. The molecule has 0 aromatic heterocycles. The van der Waals surface area contributed by atoms with E-state index in [0.29, 0.717) is 0 Å². The van der Waals surface area contributed by atoms with E-state index in [-0.39, 0.29) is 12.7 Å². The highest BCUT2D eigenvalue weighted by atomic mass is 16.5. The van der Waals surface area contributed by atoms with Crippen LogP contribution in [0.3, 0.4) is 0 Å². The summed E-state index contributed by atoms with van der Waals surface area (Å²) >= 11 is 0. The summed E-state index contributed by atoms with van der Waals surface area (Å²) in [6, 6.07) is 6.06. The molecule has 0 amide bonds. The SMILES string of the molecule is CCC(N)(CO)CCc1ccc(O[C@@H](C)CCCC(C)C)c(OC)c1. The number of rotatable bonds is 12. The monoisotopic (exact) mass is 351 g/mol. The van der Waals surface area contributed by atoms with Crippen LogP contribution in [0, 0.1) is 5.92 Å². The average Bonchev–Trinajstić information content (AvgIpc) is 2.60. The summed E-state index contributed by atoms with van der Waals surface area (Å²) in [6.07, 6.45) is 5.94. The molecule has 3 N–H and O–H groups in total. The largest absolute Gasteiger partial charge is 0.493 e. The number of aryl methyl sites for hydroxylation is 1. The van der Waals surface area contributed by atoms with Crippen LogP contribution in [0.2, 0.25) is 0 Å². The van der Waals surface area contributed by atoms with Gasteiger partial charge in [-0.3, -0.25) is 0 Å². The van der Waals surface area contributed by atoms with Gasteiger partial charge in [0.1, 0.15) is 0 Å². The van der Waals surface area contributed by atoms with Crippen molar-refractivity contribution in [2.45, 2.75) is 77.9 Å². The van der Waals surface area contributed by atoms with Gasteiger partial charge in [0.25, 0.3) is 0 Å². The molecule has 1 rings (SSSR count). The molecule has 0 bridgehead atoms. The molecule has 1 aromatic rings. The van der Waals surface area contributed by atoms with Crippen LogP contribution in [0.1, 0.15) is 65.4 Å². The Morgan fingerprint density at radius 2 is 1.88 bits per heavy atom. The number of nitrogens with two attached hydrogens (primary N) is 1. The van der Waals surface area contributed by atoms with Crippen LogP contribution in [0.25, 0.3) is 0 Å². The van der Waals surface area contributed by atoms with Crippen molar-refractivity contribution in [2.24, 2.45) is 11.7 Å². The Morgan fingerprint density at radius 1 is 1.16 bits per heavy atom. The van der Waals surface area contributed by atoms with E-state index in [1.807, 2.05) is 19.1 Å². The van der Waals surface area contributed by atoms with E-state index in [1.54, 1.807) is 7.11 Å². The number of hydrogen-bond donors (Lipinski definition) is 2. The highest BCUT2D eigenvalue weighted by Crippen LogP contribution is 2.30. The highest BCUT2D eigenvalue weighted by Gasteiger charge is 2.21. The van der Waals surface area contributed by atoms with Crippen molar-refractivity contribution in [3.05, 3.63) is 23.8 Å². The standard InChI is InChI=1S/C21H37NO3/c1-6-21(22,15-23)13-12-18-10-11-19(20(14-18)24-5)25-17(4)9-7-8-16(2)3/h10-11,14,16-17,23H,6-9,12-13,15,22H2,1-5H3/t17-,21?/m0/s1. The van der Waals surface area contributed by atoms with Crippen molar-refractivity contribution in [3.8, 4) is 11.5 Å². The normalized spacial score (nSPS) is 15.0. The fraction of sp³-hybridized carbons (Fsp3) is 0.714. The molecule has 0 saturated heterocycles. The highest BCUT2D eigenvalue weighted by molar-refractivity contribution is 5.43. The molecule has 144 valence electrons. The van der Waals surface area contributed by atoms with Crippen molar-refractivity contribution < 1.29 is 14.6 Å². The first-order valence-corrected chi connectivity index (χ1v) is 9.57. The number of benzene rings is 1. The zero-order valence-electron chi connectivity index (χ0n) is 16.7. The number of aliphatic hydroxyl groups excluding tert-OH is 1. The lowest BCUT2D eigenvalue weighted by molar-refractivity contribution is 0.182. The van der Waals surface area contributed by atoms with Gasteiger partial charge in [-0.2, -0.15) is 0 Å². The molecule has 25 heavy (non-hydrogen) atoms. The third kappa shape index (κ3) is 7.66. The first-order valence-electron chi connectivity index (χ1n) is 9.57. The number of aliphatic hydroxyl groups is 1. The Balaban J connectivity index is 2.65. The summed E-state index contributed by atoms with van der Waals surface area (Å²) in [6.45, 7) is 8.63. The first-order chi connectivity index (χ1) is 11.8. The Morgan fingerprint density at radius 3 is 2.44 bits per heavy atom. The maximum absolute atomic E-state index is 9.44. The molecule has 0 aliphatic carbocycles. The van der Waals surface area contributed by atoms with Gasteiger partial charge in [0.2, 0.25) is 0 Å². The molecule has 4 heteroatoms. The van der Waals surface area contributed by atoms with Gasteiger partial charge >= 0.3 is 0 Å². The first kappa shape index (κ1) is 21.8. The van der Waals surface area contributed by atoms with Crippen LogP contribution in [0.4, 0.5) is 0 Å². The van der Waals surface area contributed by atoms with E-state index in [4.69, 9.17) is 15.2 Å². The number of ether oxygens (including phenoxy) is 2. The molecule has 0 aliphatic heterocycles. The summed E-state index contributed by atoms with van der Waals surface area (Å²) in [4.78, 5) is 0. The summed E-state index contributed by atoms with van der Waals surface area (Å²) in [7, 11) is 1.67. The van der Waals surface area contributed by atoms with Gasteiger partial charge in [-0.15, -0.1) is 0 Å². The minimum absolute atomic E-state index is 0.00964. The van der Waals surface area contributed by atoms with Crippen molar-refractivity contribution in [2.75, 3.05) is 13.7 Å². The fourth-order valence-corrected chi connectivity index (χ4v) is 2.82. The Labute approximate surface area is 153 Å². The fourth-order valence-electron chi connectivity index (χ4n) is 2.82. The van der Waals surface area contributed by atoms with E-state index in [1.165, 1.54) is 12.8 Å². The van der Waals surface area contributed by atoms with Gasteiger partial charge in [-0.1, -0.05) is 33.3 Å². The van der Waals surface area contributed by atoms with Gasteiger partial charge in [-0.25, -0.2) is 0 Å². The minimum atomic E-state index is -0.507. The molecule has 1 unspecified atom stereocenters. The average molecular weight is 352 g/mol. The molecule has 1 aromatic carbocycles. The van der Waals surface area contributed by atoms with Gasteiger partial charge in [0, 0.05) is 5.54 Å². The quantitative estimate of drug-likeness (QED) is 0.588. The van der Waals surface area contributed by atoms with Crippen molar-refractivity contribution in [1.82, 2.24) is 0 Å². The second-order valence-electron chi connectivity index (χ2n) is 7.61. The third-order valence-electron chi connectivity index (χ3n) is 4.88. The lowest BCUT2D eigenvalue weighted by atomic mass is 9.90. The van der Waals surface area contributed by atoms with Gasteiger partial charge in [-0.05, 0) is 62.6 Å². The summed E-state index contributed by atoms with van der Waals surface area (Å²) < 4.78 is 11.6. The predicted molar refractivity (Wildman–Crippen MR) is 104 cm³/mol. The Bertz CT molecular complexity index is 498. The van der Waals surface area contributed by atoms with Crippen molar-refractivity contribution in [3.63, 3.8) is 0 Å². The lowest BCUT2D eigenvalue weighted by Crippen LogP contribution is -2.43. The van der Waals surface area contributed by atoms with Crippen LogP contribution in [0.15, 0.2) is 18.2 Å². The molecule has 0 heterocycles. The second kappa shape index (κ2) is 10.7. The zero-order valence-corrected chi connectivity index (χ0v) is 16.7. The van der Waals surface area contributed by atoms with Gasteiger partial charge < -0.3 is 20.3 Å². The zero-order chi connectivity index (χ0) is 18.9. The van der Waals surface area contributed by atoms with E-state index < -0.39 is 5.54 Å². The van der Waals surface area contributed by atoms with Crippen LogP contribution in [-0.2, 0) is 6.42 Å². The molecule has 0 saturated carbocycles. The lowest BCUT2D eigenvalue weighted by Gasteiger charge is -2.25. The van der Waals surface area contributed by atoms with Crippen molar-refractivity contribution in [1.29, 1.82) is 0 Å². The summed E-state index contributed by atoms with van der Waals surface area (Å²) in [5.41, 5.74) is 6.81. The van der Waals surface area contributed by atoms with Crippen LogP contribution < -0.4 is 15.2 Å². The second-order valence-corrected chi connectivity index (χ2v) is 7.61. The van der Waals surface area contributed by atoms with E-state index in [9.17, 15) is 5.11 Å². The Hall–Kier alpha value is -1.26. The van der Waals surface area contributed by atoms with Crippen LogP contribution in [0.5, 0.6) is 11.5 Å². The Kier molecular flexibility index (Phi) is 9.30. The van der Waals surface area contributed by atoms with Crippen LogP contribution in [-0.4, -0.2) is 30.5 Å². The molecule has 0 fully saturated rings. The van der Waals surface area contributed by atoms with Crippen LogP contribution >= 0.6 is 0 Å².